The fraction of sp³-hybridized carbons (Fsp3) is 0.280. The van der Waals surface area contributed by atoms with Crippen LogP contribution in [0.5, 0.6) is 0 Å². The van der Waals surface area contributed by atoms with Crippen LogP contribution in [0.3, 0.4) is 0 Å². The molecule has 6 heteroatoms. The van der Waals surface area contributed by atoms with Crippen LogP contribution >= 0.6 is 0 Å². The molecule has 31 heavy (non-hydrogen) atoms. The number of hydrogen-bond donors (Lipinski definition) is 1. The van der Waals surface area contributed by atoms with E-state index in [1.54, 1.807) is 12.1 Å². The lowest BCUT2D eigenvalue weighted by Gasteiger charge is -2.17. The first-order chi connectivity index (χ1) is 14.9. The number of anilines is 1. The van der Waals surface area contributed by atoms with Crippen molar-refractivity contribution in [2.24, 2.45) is 7.05 Å². The molecule has 162 valence electrons. The van der Waals surface area contributed by atoms with E-state index in [2.05, 4.69) is 34.2 Å². The Bertz CT molecular complexity index is 1320. The SMILES string of the molecule is CCN(CC)CCc1cn(C)c2ccc(NS(=O)(=O)c3ccc4ccccc4c3)cc12. The highest BCUT2D eigenvalue weighted by atomic mass is 32.2. The molecule has 0 amide bonds. The van der Waals surface area contributed by atoms with Gasteiger partial charge >= 0.3 is 0 Å². The van der Waals surface area contributed by atoms with Crippen LogP contribution < -0.4 is 4.72 Å². The van der Waals surface area contributed by atoms with Crippen molar-refractivity contribution in [3.05, 3.63) is 72.4 Å². The van der Waals surface area contributed by atoms with Crippen molar-refractivity contribution in [3.8, 4) is 0 Å². The summed E-state index contributed by atoms with van der Waals surface area (Å²) in [4.78, 5) is 2.66. The van der Waals surface area contributed by atoms with Crippen molar-refractivity contribution in [2.75, 3.05) is 24.4 Å². The van der Waals surface area contributed by atoms with E-state index in [9.17, 15) is 8.42 Å². The maximum absolute atomic E-state index is 13.0. The molecule has 0 bridgehead atoms. The molecule has 1 heterocycles. The Morgan fingerprint density at radius 1 is 0.935 bits per heavy atom. The Hall–Kier alpha value is -2.83. The second-order valence-electron chi connectivity index (χ2n) is 7.89. The van der Waals surface area contributed by atoms with E-state index in [0.717, 1.165) is 47.7 Å². The fourth-order valence-electron chi connectivity index (χ4n) is 4.10. The summed E-state index contributed by atoms with van der Waals surface area (Å²) in [6.07, 6.45) is 3.08. The second-order valence-corrected chi connectivity index (χ2v) is 9.57. The van der Waals surface area contributed by atoms with E-state index in [1.807, 2.05) is 55.6 Å². The van der Waals surface area contributed by atoms with Crippen molar-refractivity contribution in [1.29, 1.82) is 0 Å². The van der Waals surface area contributed by atoms with Gasteiger partial charge in [-0.05, 0) is 66.2 Å². The summed E-state index contributed by atoms with van der Waals surface area (Å²) in [5, 5.41) is 3.01. The van der Waals surface area contributed by atoms with Gasteiger partial charge in [0.2, 0.25) is 0 Å². The van der Waals surface area contributed by atoms with E-state index in [1.165, 1.54) is 5.56 Å². The van der Waals surface area contributed by atoms with Crippen molar-refractivity contribution in [3.63, 3.8) is 0 Å². The second kappa shape index (κ2) is 8.73. The largest absolute Gasteiger partial charge is 0.350 e. The van der Waals surface area contributed by atoms with E-state index in [0.29, 0.717) is 5.69 Å². The van der Waals surface area contributed by atoms with Gasteiger partial charge in [0, 0.05) is 36.4 Å². The third-order valence-electron chi connectivity index (χ3n) is 5.95. The molecule has 0 saturated heterocycles. The lowest BCUT2D eigenvalue weighted by Crippen LogP contribution is -2.25. The first kappa shape index (κ1) is 21.4. The Morgan fingerprint density at radius 2 is 1.68 bits per heavy atom. The minimum atomic E-state index is -3.68. The van der Waals surface area contributed by atoms with Gasteiger partial charge in [0.25, 0.3) is 10.0 Å². The van der Waals surface area contributed by atoms with Crippen LogP contribution in [0.25, 0.3) is 21.7 Å². The number of benzene rings is 3. The zero-order valence-corrected chi connectivity index (χ0v) is 19.1. The summed E-state index contributed by atoms with van der Waals surface area (Å²) in [7, 11) is -1.65. The molecule has 3 aromatic carbocycles. The average Bonchev–Trinajstić information content (AvgIpc) is 3.08. The molecule has 0 saturated carbocycles. The van der Waals surface area contributed by atoms with Crippen molar-refractivity contribution >= 4 is 37.4 Å². The summed E-state index contributed by atoms with van der Waals surface area (Å²) in [6.45, 7) is 7.38. The van der Waals surface area contributed by atoms with Gasteiger partial charge in [0.1, 0.15) is 0 Å². The highest BCUT2D eigenvalue weighted by Crippen LogP contribution is 2.27. The minimum Gasteiger partial charge on any atom is -0.350 e. The molecule has 0 fully saturated rings. The van der Waals surface area contributed by atoms with Gasteiger partial charge in [-0.15, -0.1) is 0 Å². The van der Waals surface area contributed by atoms with Gasteiger partial charge in [-0.25, -0.2) is 8.42 Å². The van der Waals surface area contributed by atoms with Gasteiger partial charge in [0.05, 0.1) is 4.90 Å². The molecule has 0 radical (unpaired) electrons. The fourth-order valence-corrected chi connectivity index (χ4v) is 5.19. The standard InChI is InChI=1S/C25H29N3O2S/c1-4-28(5-2)15-14-21-18-27(3)25-13-11-22(17-24(21)25)26-31(29,30)23-12-10-19-8-6-7-9-20(19)16-23/h6-13,16-18,26H,4-5,14-15H2,1-3H3. The molecule has 0 aliphatic rings. The smallest absolute Gasteiger partial charge is 0.261 e. The lowest BCUT2D eigenvalue weighted by molar-refractivity contribution is 0.308. The highest BCUT2D eigenvalue weighted by molar-refractivity contribution is 7.92. The number of fused-ring (bicyclic) bond motifs is 2. The maximum Gasteiger partial charge on any atom is 0.261 e. The Labute approximate surface area is 184 Å². The first-order valence-corrected chi connectivity index (χ1v) is 12.2. The number of hydrogen-bond acceptors (Lipinski definition) is 3. The molecular formula is C25H29N3O2S. The van der Waals surface area contributed by atoms with Crippen molar-refractivity contribution < 1.29 is 8.42 Å². The number of sulfonamides is 1. The average molecular weight is 436 g/mol. The monoisotopic (exact) mass is 435 g/mol. The number of aromatic nitrogens is 1. The minimum absolute atomic E-state index is 0.265. The molecular weight excluding hydrogens is 406 g/mol. The molecule has 0 spiro atoms. The number of rotatable bonds is 8. The highest BCUT2D eigenvalue weighted by Gasteiger charge is 2.16. The molecule has 4 aromatic rings. The molecule has 0 aliphatic carbocycles. The third-order valence-corrected chi connectivity index (χ3v) is 7.33. The molecule has 0 unspecified atom stereocenters. The van der Waals surface area contributed by atoms with Crippen LogP contribution in [0.15, 0.2) is 71.8 Å². The first-order valence-electron chi connectivity index (χ1n) is 10.7. The van der Waals surface area contributed by atoms with Gasteiger partial charge in [0.15, 0.2) is 0 Å². The molecule has 5 nitrogen and oxygen atoms in total. The number of aryl methyl sites for hydroxylation is 1. The quantitative estimate of drug-likeness (QED) is 0.423. The zero-order chi connectivity index (χ0) is 22.0. The van der Waals surface area contributed by atoms with E-state index >= 15 is 0 Å². The summed E-state index contributed by atoms with van der Waals surface area (Å²) >= 11 is 0. The molecule has 1 aromatic heterocycles. The lowest BCUT2D eigenvalue weighted by atomic mass is 10.1. The Kier molecular flexibility index (Phi) is 6.03. The zero-order valence-electron chi connectivity index (χ0n) is 18.3. The normalized spacial score (nSPS) is 12.1. The number of nitrogens with zero attached hydrogens (tertiary/aromatic N) is 2. The molecule has 4 rings (SSSR count). The van der Waals surface area contributed by atoms with Gasteiger partial charge in [-0.3, -0.25) is 4.72 Å². The van der Waals surface area contributed by atoms with Gasteiger partial charge < -0.3 is 9.47 Å². The molecule has 0 aliphatic heterocycles. The van der Waals surface area contributed by atoms with Crippen LogP contribution in [0.2, 0.25) is 0 Å². The number of likely N-dealkylation sites (N-methyl/N-ethyl adjacent to an activating group) is 1. The van der Waals surface area contributed by atoms with E-state index in [-0.39, 0.29) is 4.90 Å². The third kappa shape index (κ3) is 4.45. The Balaban J connectivity index is 1.63. The molecule has 0 atom stereocenters. The van der Waals surface area contributed by atoms with Gasteiger partial charge in [-0.1, -0.05) is 44.2 Å². The summed E-state index contributed by atoms with van der Waals surface area (Å²) in [6, 6.07) is 18.7. The van der Waals surface area contributed by atoms with E-state index in [4.69, 9.17) is 0 Å². The van der Waals surface area contributed by atoms with E-state index < -0.39 is 10.0 Å². The molecule has 1 N–H and O–H groups in total. The van der Waals surface area contributed by atoms with Gasteiger partial charge in [-0.2, -0.15) is 0 Å². The summed E-state index contributed by atoms with van der Waals surface area (Å²) in [5.41, 5.74) is 2.91. The van der Waals surface area contributed by atoms with Crippen molar-refractivity contribution in [2.45, 2.75) is 25.2 Å². The summed E-state index contributed by atoms with van der Waals surface area (Å²) in [5.74, 6) is 0. The number of nitrogens with one attached hydrogen (secondary N) is 1. The van der Waals surface area contributed by atoms with Crippen LogP contribution in [0.1, 0.15) is 19.4 Å². The maximum atomic E-state index is 13.0. The topological polar surface area (TPSA) is 54.3 Å². The van der Waals surface area contributed by atoms with Crippen LogP contribution in [0, 0.1) is 0 Å². The Morgan fingerprint density at radius 3 is 2.42 bits per heavy atom. The van der Waals surface area contributed by atoms with Crippen LogP contribution in [-0.2, 0) is 23.5 Å². The van der Waals surface area contributed by atoms with Crippen molar-refractivity contribution in [1.82, 2.24) is 9.47 Å². The van der Waals surface area contributed by atoms with Crippen LogP contribution in [0.4, 0.5) is 5.69 Å². The van der Waals surface area contributed by atoms with Crippen LogP contribution in [-0.4, -0.2) is 37.5 Å². The predicted molar refractivity (Wildman–Crippen MR) is 129 cm³/mol. The summed E-state index contributed by atoms with van der Waals surface area (Å²) < 4.78 is 31.0. The predicted octanol–water partition coefficient (Wildman–Crippen LogP) is 5.02.